The van der Waals surface area contributed by atoms with Gasteiger partial charge in [0.2, 0.25) is 0 Å². The highest BCUT2D eigenvalue weighted by Gasteiger charge is 2.15. The number of aromatic nitrogens is 2. The number of nitrogens with zero attached hydrogens (tertiary/aromatic N) is 3. The first kappa shape index (κ1) is 14.5. The van der Waals surface area contributed by atoms with Crippen molar-refractivity contribution in [3.63, 3.8) is 0 Å². The first-order valence-corrected chi connectivity index (χ1v) is 6.64. The Kier molecular flexibility index (Phi) is 5.95. The van der Waals surface area contributed by atoms with E-state index in [-0.39, 0.29) is 0 Å². The van der Waals surface area contributed by atoms with E-state index in [4.69, 9.17) is 17.3 Å². The van der Waals surface area contributed by atoms with Crippen molar-refractivity contribution >= 4 is 11.6 Å². The minimum atomic E-state index is 0.728. The minimum Gasteiger partial charge on any atom is -0.330 e. The molecule has 2 N–H and O–H groups in total. The van der Waals surface area contributed by atoms with Crippen LogP contribution in [0.3, 0.4) is 0 Å². The van der Waals surface area contributed by atoms with Gasteiger partial charge in [0.05, 0.1) is 16.4 Å². The SMILES string of the molecule is CCc1nn(CC)c(CN(C)CCCN)c1Cl. The van der Waals surface area contributed by atoms with Gasteiger partial charge in [-0.25, -0.2) is 0 Å². The summed E-state index contributed by atoms with van der Waals surface area (Å²) in [5.74, 6) is 0. The third-order valence-corrected chi connectivity index (χ3v) is 3.29. The van der Waals surface area contributed by atoms with E-state index in [0.29, 0.717) is 0 Å². The molecule has 1 heterocycles. The third kappa shape index (κ3) is 3.69. The quantitative estimate of drug-likeness (QED) is 0.813. The highest BCUT2D eigenvalue weighted by molar-refractivity contribution is 6.31. The molecule has 0 aliphatic heterocycles. The minimum absolute atomic E-state index is 0.728. The summed E-state index contributed by atoms with van der Waals surface area (Å²) in [7, 11) is 2.09. The summed E-state index contributed by atoms with van der Waals surface area (Å²) >= 11 is 6.35. The van der Waals surface area contributed by atoms with Crippen molar-refractivity contribution in [3.8, 4) is 0 Å². The van der Waals surface area contributed by atoms with E-state index in [9.17, 15) is 0 Å². The molecule has 1 aromatic heterocycles. The molecule has 0 amide bonds. The molecule has 0 saturated carbocycles. The van der Waals surface area contributed by atoms with Crippen LogP contribution in [-0.2, 0) is 19.5 Å². The Bertz CT molecular complexity index is 349. The molecule has 0 radical (unpaired) electrons. The van der Waals surface area contributed by atoms with Crippen LogP contribution in [0.15, 0.2) is 0 Å². The fourth-order valence-corrected chi connectivity index (χ4v) is 2.19. The zero-order valence-corrected chi connectivity index (χ0v) is 11.8. The maximum Gasteiger partial charge on any atom is 0.0863 e. The fraction of sp³-hybridized carbons (Fsp3) is 0.750. The lowest BCUT2D eigenvalue weighted by Crippen LogP contribution is -2.23. The second-order valence-electron chi connectivity index (χ2n) is 4.26. The monoisotopic (exact) mass is 258 g/mol. The molecule has 4 nitrogen and oxygen atoms in total. The summed E-state index contributed by atoms with van der Waals surface area (Å²) in [5, 5.41) is 5.34. The van der Waals surface area contributed by atoms with Crippen LogP contribution in [-0.4, -0.2) is 34.8 Å². The molecular formula is C12H23ClN4. The van der Waals surface area contributed by atoms with E-state index in [2.05, 4.69) is 30.9 Å². The Balaban J connectivity index is 2.78. The van der Waals surface area contributed by atoms with Crippen LogP contribution in [0.2, 0.25) is 5.02 Å². The molecule has 0 aliphatic carbocycles. The maximum atomic E-state index is 6.35. The summed E-state index contributed by atoms with van der Waals surface area (Å²) in [6.45, 7) is 7.58. The first-order chi connectivity index (χ1) is 8.13. The van der Waals surface area contributed by atoms with Crippen molar-refractivity contribution in [1.82, 2.24) is 14.7 Å². The normalized spacial score (nSPS) is 11.4. The van der Waals surface area contributed by atoms with Crippen LogP contribution in [0.1, 0.15) is 31.7 Å². The lowest BCUT2D eigenvalue weighted by atomic mass is 10.3. The predicted molar refractivity (Wildman–Crippen MR) is 72.3 cm³/mol. The van der Waals surface area contributed by atoms with E-state index in [0.717, 1.165) is 55.4 Å². The van der Waals surface area contributed by atoms with E-state index >= 15 is 0 Å². The Morgan fingerprint density at radius 3 is 2.65 bits per heavy atom. The number of aryl methyl sites for hydroxylation is 2. The van der Waals surface area contributed by atoms with Crippen LogP contribution < -0.4 is 5.73 Å². The molecular weight excluding hydrogens is 236 g/mol. The molecule has 0 aromatic carbocycles. The number of nitrogens with two attached hydrogens (primary N) is 1. The number of halogens is 1. The van der Waals surface area contributed by atoms with Crippen molar-refractivity contribution in [2.75, 3.05) is 20.1 Å². The Morgan fingerprint density at radius 1 is 1.41 bits per heavy atom. The molecule has 1 rings (SSSR count). The van der Waals surface area contributed by atoms with E-state index in [1.807, 2.05) is 4.68 Å². The van der Waals surface area contributed by atoms with Crippen molar-refractivity contribution in [2.24, 2.45) is 5.73 Å². The lowest BCUT2D eigenvalue weighted by Gasteiger charge is -2.16. The highest BCUT2D eigenvalue weighted by atomic mass is 35.5. The number of hydrogen-bond donors (Lipinski definition) is 1. The zero-order valence-electron chi connectivity index (χ0n) is 11.0. The van der Waals surface area contributed by atoms with Gasteiger partial charge in [-0.05, 0) is 39.9 Å². The Hall–Kier alpha value is -0.580. The van der Waals surface area contributed by atoms with Crippen molar-refractivity contribution in [2.45, 2.75) is 39.8 Å². The average Bonchev–Trinajstić information content (AvgIpc) is 2.63. The van der Waals surface area contributed by atoms with Crippen molar-refractivity contribution in [3.05, 3.63) is 16.4 Å². The molecule has 0 aliphatic rings. The summed E-state index contributed by atoms with van der Waals surface area (Å²) in [4.78, 5) is 2.24. The van der Waals surface area contributed by atoms with Crippen LogP contribution in [0, 0.1) is 0 Å². The number of rotatable bonds is 7. The fourth-order valence-electron chi connectivity index (χ4n) is 1.86. The van der Waals surface area contributed by atoms with E-state index in [1.165, 1.54) is 0 Å². The third-order valence-electron chi connectivity index (χ3n) is 2.86. The lowest BCUT2D eigenvalue weighted by molar-refractivity contribution is 0.313. The standard InChI is InChI=1S/C12H23ClN4/c1-4-10-12(13)11(17(5-2)15-10)9-16(3)8-6-7-14/h4-9,14H2,1-3H3. The molecule has 1 aromatic rings. The summed E-state index contributed by atoms with van der Waals surface area (Å²) in [5.41, 5.74) is 7.62. The van der Waals surface area contributed by atoms with Crippen molar-refractivity contribution < 1.29 is 0 Å². The van der Waals surface area contributed by atoms with Gasteiger partial charge in [-0.15, -0.1) is 0 Å². The van der Waals surface area contributed by atoms with Gasteiger partial charge in [0, 0.05) is 13.1 Å². The average molecular weight is 259 g/mol. The summed E-state index contributed by atoms with van der Waals surface area (Å²) in [6.07, 6.45) is 1.89. The van der Waals surface area contributed by atoms with Gasteiger partial charge in [0.15, 0.2) is 0 Å². The van der Waals surface area contributed by atoms with Crippen LogP contribution in [0.25, 0.3) is 0 Å². The second kappa shape index (κ2) is 6.99. The van der Waals surface area contributed by atoms with Crippen molar-refractivity contribution in [1.29, 1.82) is 0 Å². The number of hydrogen-bond acceptors (Lipinski definition) is 3. The Morgan fingerprint density at radius 2 is 2.12 bits per heavy atom. The molecule has 0 unspecified atom stereocenters. The molecule has 0 spiro atoms. The molecule has 98 valence electrons. The molecule has 0 fully saturated rings. The van der Waals surface area contributed by atoms with Gasteiger partial charge in [-0.3, -0.25) is 4.68 Å². The molecule has 17 heavy (non-hydrogen) atoms. The maximum absolute atomic E-state index is 6.35. The molecule has 0 bridgehead atoms. The van der Waals surface area contributed by atoms with E-state index < -0.39 is 0 Å². The van der Waals surface area contributed by atoms with Crippen LogP contribution in [0.5, 0.6) is 0 Å². The largest absolute Gasteiger partial charge is 0.330 e. The van der Waals surface area contributed by atoms with Gasteiger partial charge < -0.3 is 10.6 Å². The first-order valence-electron chi connectivity index (χ1n) is 6.26. The Labute approximate surface area is 109 Å². The smallest absolute Gasteiger partial charge is 0.0863 e. The summed E-state index contributed by atoms with van der Waals surface area (Å²) < 4.78 is 2.00. The van der Waals surface area contributed by atoms with E-state index in [1.54, 1.807) is 0 Å². The summed E-state index contributed by atoms with van der Waals surface area (Å²) in [6, 6.07) is 0. The second-order valence-corrected chi connectivity index (χ2v) is 4.63. The molecule has 5 heteroatoms. The van der Waals surface area contributed by atoms with Crippen LogP contribution in [0.4, 0.5) is 0 Å². The molecule has 0 saturated heterocycles. The predicted octanol–water partition coefficient (Wildman–Crippen LogP) is 1.90. The zero-order chi connectivity index (χ0) is 12.8. The van der Waals surface area contributed by atoms with Gasteiger partial charge in [0.1, 0.15) is 0 Å². The van der Waals surface area contributed by atoms with Gasteiger partial charge in [-0.1, -0.05) is 18.5 Å². The van der Waals surface area contributed by atoms with Crippen LogP contribution >= 0.6 is 11.6 Å². The van der Waals surface area contributed by atoms with Gasteiger partial charge >= 0.3 is 0 Å². The molecule has 0 atom stereocenters. The van der Waals surface area contributed by atoms with Gasteiger partial charge in [0.25, 0.3) is 0 Å². The highest BCUT2D eigenvalue weighted by Crippen LogP contribution is 2.22. The topological polar surface area (TPSA) is 47.1 Å². The van der Waals surface area contributed by atoms with Gasteiger partial charge in [-0.2, -0.15) is 5.10 Å².